The Balaban J connectivity index is 2.34. The summed E-state index contributed by atoms with van der Waals surface area (Å²) in [5, 5.41) is 0.0892. The number of halogens is 4. The molecule has 0 radical (unpaired) electrons. The van der Waals surface area contributed by atoms with Crippen molar-refractivity contribution in [3.63, 3.8) is 0 Å². The van der Waals surface area contributed by atoms with Gasteiger partial charge in [0.15, 0.2) is 0 Å². The van der Waals surface area contributed by atoms with Crippen molar-refractivity contribution < 1.29 is 9.13 Å². The van der Waals surface area contributed by atoms with Gasteiger partial charge in [-0.2, -0.15) is 0 Å². The van der Waals surface area contributed by atoms with Crippen molar-refractivity contribution in [1.29, 1.82) is 0 Å². The molecule has 0 fully saturated rings. The zero-order valence-electron chi connectivity index (χ0n) is 9.32. The predicted octanol–water partition coefficient (Wildman–Crippen LogP) is 5.42. The van der Waals surface area contributed by atoms with E-state index in [2.05, 4.69) is 15.9 Å². The third-order valence-corrected chi connectivity index (χ3v) is 3.44. The van der Waals surface area contributed by atoms with Crippen LogP contribution < -0.4 is 4.74 Å². The van der Waals surface area contributed by atoms with Crippen LogP contribution in [0.3, 0.4) is 0 Å². The van der Waals surface area contributed by atoms with Gasteiger partial charge in [-0.1, -0.05) is 24.4 Å². The fourth-order valence-electron chi connectivity index (χ4n) is 1.35. The van der Waals surface area contributed by atoms with Crippen LogP contribution >= 0.6 is 39.1 Å². The average Bonchev–Trinajstić information content (AvgIpc) is 2.30. The van der Waals surface area contributed by atoms with Gasteiger partial charge in [0.05, 0.1) is 16.1 Å². The molecule has 0 amide bonds. The minimum Gasteiger partial charge on any atom is -0.492 e. The second kappa shape index (κ2) is 8.17. The Bertz CT molecular complexity index is 361. The zero-order valence-corrected chi connectivity index (χ0v) is 12.4. The van der Waals surface area contributed by atoms with Crippen LogP contribution in [0.1, 0.15) is 25.7 Å². The molecule has 0 bridgehead atoms. The summed E-state index contributed by atoms with van der Waals surface area (Å²) in [6.07, 6.45) is 4.14. The number of hydrogen-bond donors (Lipinski definition) is 0. The summed E-state index contributed by atoms with van der Waals surface area (Å²) < 4.78 is 19.3. The largest absolute Gasteiger partial charge is 0.492 e. The molecular weight excluding hydrogens is 330 g/mol. The smallest absolute Gasteiger partial charge is 0.145 e. The predicted molar refractivity (Wildman–Crippen MR) is 73.8 cm³/mol. The maximum atomic E-state index is 13.2. The second-order valence-corrected chi connectivity index (χ2v) is 5.29. The minimum absolute atomic E-state index is 0.0892. The van der Waals surface area contributed by atoms with Gasteiger partial charge in [-0.3, -0.25) is 0 Å². The third-order valence-electron chi connectivity index (χ3n) is 2.26. The first kappa shape index (κ1) is 15.1. The van der Waals surface area contributed by atoms with E-state index < -0.39 is 5.82 Å². The van der Waals surface area contributed by atoms with E-state index >= 15 is 0 Å². The lowest BCUT2D eigenvalue weighted by molar-refractivity contribution is 0.302. The Morgan fingerprint density at radius 1 is 1.18 bits per heavy atom. The van der Waals surface area contributed by atoms with Gasteiger partial charge in [-0.15, -0.1) is 11.6 Å². The number of unbranched alkanes of at least 4 members (excludes halogenated alkanes) is 3. The molecule has 0 unspecified atom stereocenters. The normalized spacial score (nSPS) is 10.6. The number of alkyl halides is 1. The van der Waals surface area contributed by atoms with Crippen molar-refractivity contribution in [2.24, 2.45) is 0 Å². The lowest BCUT2D eigenvalue weighted by Crippen LogP contribution is -1.98. The average molecular weight is 344 g/mol. The van der Waals surface area contributed by atoms with Crippen LogP contribution in [0.5, 0.6) is 5.75 Å². The van der Waals surface area contributed by atoms with Crippen molar-refractivity contribution in [1.82, 2.24) is 0 Å². The summed E-state index contributed by atoms with van der Waals surface area (Å²) in [6.45, 7) is 0.571. The number of hydrogen-bond acceptors (Lipinski definition) is 1. The lowest BCUT2D eigenvalue weighted by atomic mass is 10.2. The topological polar surface area (TPSA) is 9.23 Å². The summed E-state index contributed by atoms with van der Waals surface area (Å²) in [5.41, 5.74) is 0. The van der Waals surface area contributed by atoms with Crippen LogP contribution in [0.25, 0.3) is 0 Å². The summed E-state index contributed by atoms with van der Waals surface area (Å²) >= 11 is 14.5. The zero-order chi connectivity index (χ0) is 12.7. The van der Waals surface area contributed by atoms with E-state index in [0.29, 0.717) is 22.7 Å². The van der Waals surface area contributed by atoms with E-state index in [9.17, 15) is 4.39 Å². The molecule has 0 heterocycles. The molecule has 0 aliphatic rings. The Hall–Kier alpha value is 0.01000. The number of benzene rings is 1. The van der Waals surface area contributed by atoms with E-state index in [4.69, 9.17) is 27.9 Å². The molecule has 0 spiro atoms. The lowest BCUT2D eigenvalue weighted by Gasteiger charge is -2.08. The molecule has 0 aromatic heterocycles. The number of rotatable bonds is 7. The van der Waals surface area contributed by atoms with Crippen molar-refractivity contribution in [3.05, 3.63) is 27.4 Å². The highest BCUT2D eigenvalue weighted by atomic mass is 79.9. The molecule has 17 heavy (non-hydrogen) atoms. The van der Waals surface area contributed by atoms with Crippen LogP contribution in [-0.2, 0) is 0 Å². The summed E-state index contributed by atoms with van der Waals surface area (Å²) in [7, 11) is 0. The molecule has 0 aliphatic carbocycles. The molecule has 1 aromatic carbocycles. The Morgan fingerprint density at radius 2 is 1.88 bits per heavy atom. The molecule has 0 saturated carbocycles. The molecule has 1 rings (SSSR count). The molecule has 5 heteroatoms. The van der Waals surface area contributed by atoms with E-state index in [-0.39, 0.29) is 5.02 Å². The first-order valence-corrected chi connectivity index (χ1v) is 7.19. The summed E-state index contributed by atoms with van der Waals surface area (Å²) in [6, 6.07) is 2.80. The Kier molecular flexibility index (Phi) is 7.24. The maximum absolute atomic E-state index is 13.2. The highest BCUT2D eigenvalue weighted by Crippen LogP contribution is 2.30. The molecule has 0 atom stereocenters. The summed E-state index contributed by atoms with van der Waals surface area (Å²) in [4.78, 5) is 0. The molecule has 0 saturated heterocycles. The SMILES string of the molecule is Fc1cc(OCCCCCCCl)c(Br)cc1Cl. The van der Waals surface area contributed by atoms with Gasteiger partial charge in [0, 0.05) is 11.9 Å². The third kappa shape index (κ3) is 5.45. The van der Waals surface area contributed by atoms with Gasteiger partial charge >= 0.3 is 0 Å². The monoisotopic (exact) mass is 342 g/mol. The molecule has 0 N–H and O–H groups in total. The summed E-state index contributed by atoms with van der Waals surface area (Å²) in [5.74, 6) is 0.727. The highest BCUT2D eigenvalue weighted by molar-refractivity contribution is 9.10. The van der Waals surface area contributed by atoms with Crippen LogP contribution in [0.2, 0.25) is 5.02 Å². The Labute approximate surface area is 119 Å². The van der Waals surface area contributed by atoms with Crippen molar-refractivity contribution in [3.8, 4) is 5.75 Å². The van der Waals surface area contributed by atoms with Gasteiger partial charge in [-0.05, 0) is 34.8 Å². The van der Waals surface area contributed by atoms with Crippen molar-refractivity contribution >= 4 is 39.1 Å². The van der Waals surface area contributed by atoms with E-state index in [1.54, 1.807) is 0 Å². The van der Waals surface area contributed by atoms with Crippen LogP contribution in [0, 0.1) is 5.82 Å². The first-order valence-electron chi connectivity index (χ1n) is 5.48. The molecule has 1 nitrogen and oxygen atoms in total. The van der Waals surface area contributed by atoms with Crippen molar-refractivity contribution in [2.45, 2.75) is 25.7 Å². The number of ether oxygens (including phenoxy) is 1. The van der Waals surface area contributed by atoms with Gasteiger partial charge in [0.1, 0.15) is 11.6 Å². The van der Waals surface area contributed by atoms with Gasteiger partial charge in [0.25, 0.3) is 0 Å². The van der Waals surface area contributed by atoms with Crippen molar-refractivity contribution in [2.75, 3.05) is 12.5 Å². The van der Waals surface area contributed by atoms with E-state index in [1.807, 2.05) is 0 Å². The second-order valence-electron chi connectivity index (χ2n) is 3.65. The minimum atomic E-state index is -0.466. The van der Waals surface area contributed by atoms with Gasteiger partial charge in [-0.25, -0.2) is 4.39 Å². The fraction of sp³-hybridized carbons (Fsp3) is 0.500. The van der Waals surface area contributed by atoms with E-state index in [1.165, 1.54) is 12.1 Å². The van der Waals surface area contributed by atoms with Crippen LogP contribution in [0.15, 0.2) is 16.6 Å². The quantitative estimate of drug-likeness (QED) is 0.365. The molecular formula is C12H14BrCl2FO. The Morgan fingerprint density at radius 3 is 2.59 bits per heavy atom. The fourth-order valence-corrected chi connectivity index (χ4v) is 2.29. The van der Waals surface area contributed by atoms with Crippen LogP contribution in [0.4, 0.5) is 4.39 Å². The molecule has 0 aliphatic heterocycles. The maximum Gasteiger partial charge on any atom is 0.145 e. The molecule has 1 aromatic rings. The first-order chi connectivity index (χ1) is 8.15. The van der Waals surface area contributed by atoms with E-state index in [0.717, 1.165) is 25.7 Å². The van der Waals surface area contributed by atoms with Gasteiger partial charge < -0.3 is 4.74 Å². The highest BCUT2D eigenvalue weighted by Gasteiger charge is 2.07. The van der Waals surface area contributed by atoms with Gasteiger partial charge in [0.2, 0.25) is 0 Å². The van der Waals surface area contributed by atoms with Crippen LogP contribution in [-0.4, -0.2) is 12.5 Å². The molecule has 96 valence electrons. The standard InChI is InChI=1S/C12H14BrCl2FO/c13-9-7-10(15)11(16)8-12(9)17-6-4-2-1-3-5-14/h7-8H,1-6H2.